The number of rotatable bonds is 3. The van der Waals surface area contributed by atoms with Gasteiger partial charge < -0.3 is 10.4 Å². The third-order valence-electron chi connectivity index (χ3n) is 2.99. The molecule has 82 valence electrons. The van der Waals surface area contributed by atoms with Crippen LogP contribution in [0.1, 0.15) is 24.8 Å². The second kappa shape index (κ2) is 5.10. The molecule has 2 atom stereocenters. The summed E-state index contributed by atoms with van der Waals surface area (Å²) >= 11 is 3.52. The quantitative estimate of drug-likeness (QED) is 0.884. The number of hydrogen-bond acceptors (Lipinski definition) is 2. The van der Waals surface area contributed by atoms with E-state index in [0.29, 0.717) is 0 Å². The summed E-state index contributed by atoms with van der Waals surface area (Å²) in [6.07, 6.45) is 3.00. The standard InChI is InChI=1S/C12H16BrNO/c13-10-5-2-1-4-9(10)8-14-11-6-3-7-12(11)15/h1-2,4-5,11-12,14-15H,3,6-8H2. The second-order valence-electron chi connectivity index (χ2n) is 4.08. The Morgan fingerprint density at radius 3 is 2.80 bits per heavy atom. The van der Waals surface area contributed by atoms with E-state index in [-0.39, 0.29) is 12.1 Å². The van der Waals surface area contributed by atoms with Gasteiger partial charge in [0, 0.05) is 17.1 Å². The zero-order valence-electron chi connectivity index (χ0n) is 8.62. The van der Waals surface area contributed by atoms with Crippen molar-refractivity contribution in [2.75, 3.05) is 0 Å². The largest absolute Gasteiger partial charge is 0.392 e. The Morgan fingerprint density at radius 2 is 2.13 bits per heavy atom. The van der Waals surface area contributed by atoms with Crippen LogP contribution >= 0.6 is 15.9 Å². The number of halogens is 1. The Hall–Kier alpha value is -0.380. The van der Waals surface area contributed by atoms with Crippen molar-refractivity contribution in [3.05, 3.63) is 34.3 Å². The van der Waals surface area contributed by atoms with E-state index in [1.807, 2.05) is 18.2 Å². The van der Waals surface area contributed by atoms with Crippen LogP contribution in [0.2, 0.25) is 0 Å². The minimum atomic E-state index is -0.160. The van der Waals surface area contributed by atoms with Crippen LogP contribution in [0.3, 0.4) is 0 Å². The van der Waals surface area contributed by atoms with Gasteiger partial charge in [0.2, 0.25) is 0 Å². The van der Waals surface area contributed by atoms with Crippen molar-refractivity contribution in [2.45, 2.75) is 38.0 Å². The van der Waals surface area contributed by atoms with Gasteiger partial charge in [-0.05, 0) is 30.9 Å². The van der Waals surface area contributed by atoms with Gasteiger partial charge in [-0.3, -0.25) is 0 Å². The molecule has 1 aliphatic rings. The fourth-order valence-electron chi connectivity index (χ4n) is 2.06. The van der Waals surface area contributed by atoms with Crippen LogP contribution in [0.4, 0.5) is 0 Å². The van der Waals surface area contributed by atoms with Gasteiger partial charge in [0.1, 0.15) is 0 Å². The Balaban J connectivity index is 1.90. The van der Waals surface area contributed by atoms with E-state index in [4.69, 9.17) is 0 Å². The smallest absolute Gasteiger partial charge is 0.0693 e. The van der Waals surface area contributed by atoms with E-state index in [9.17, 15) is 5.11 Å². The van der Waals surface area contributed by atoms with Crippen molar-refractivity contribution in [3.8, 4) is 0 Å². The monoisotopic (exact) mass is 269 g/mol. The molecule has 0 spiro atoms. The normalized spacial score (nSPS) is 25.7. The molecule has 1 aromatic rings. The first kappa shape index (κ1) is 11.1. The number of hydrogen-bond donors (Lipinski definition) is 2. The van der Waals surface area contributed by atoms with E-state index in [1.165, 1.54) is 5.56 Å². The SMILES string of the molecule is OC1CCCC1NCc1ccccc1Br. The summed E-state index contributed by atoms with van der Waals surface area (Å²) in [4.78, 5) is 0. The van der Waals surface area contributed by atoms with E-state index < -0.39 is 0 Å². The maximum Gasteiger partial charge on any atom is 0.0693 e. The molecule has 0 heterocycles. The van der Waals surface area contributed by atoms with Crippen molar-refractivity contribution in [1.29, 1.82) is 0 Å². The lowest BCUT2D eigenvalue weighted by molar-refractivity contribution is 0.148. The summed E-state index contributed by atoms with van der Waals surface area (Å²) in [6.45, 7) is 0.823. The first-order chi connectivity index (χ1) is 7.27. The second-order valence-corrected chi connectivity index (χ2v) is 4.93. The maximum absolute atomic E-state index is 9.66. The fourth-order valence-corrected chi connectivity index (χ4v) is 2.49. The molecule has 1 aliphatic carbocycles. The van der Waals surface area contributed by atoms with Gasteiger partial charge in [0.25, 0.3) is 0 Å². The topological polar surface area (TPSA) is 32.3 Å². The van der Waals surface area contributed by atoms with Gasteiger partial charge in [-0.2, -0.15) is 0 Å². The molecule has 0 aromatic heterocycles. The molecule has 15 heavy (non-hydrogen) atoms. The van der Waals surface area contributed by atoms with E-state index in [1.54, 1.807) is 0 Å². The number of benzene rings is 1. The van der Waals surface area contributed by atoms with Crippen LogP contribution in [0.5, 0.6) is 0 Å². The molecule has 2 unspecified atom stereocenters. The Bertz CT molecular complexity index is 329. The van der Waals surface area contributed by atoms with Gasteiger partial charge >= 0.3 is 0 Å². The van der Waals surface area contributed by atoms with Gasteiger partial charge in [-0.15, -0.1) is 0 Å². The molecule has 1 fully saturated rings. The van der Waals surface area contributed by atoms with E-state index in [0.717, 1.165) is 30.3 Å². The summed E-state index contributed by atoms with van der Waals surface area (Å²) in [5.41, 5.74) is 1.25. The predicted molar refractivity (Wildman–Crippen MR) is 64.6 cm³/mol. The molecule has 0 bridgehead atoms. The van der Waals surface area contributed by atoms with Crippen molar-refractivity contribution in [2.24, 2.45) is 0 Å². The molecule has 2 N–H and O–H groups in total. The van der Waals surface area contributed by atoms with Crippen LogP contribution in [0, 0.1) is 0 Å². The first-order valence-corrected chi connectivity index (χ1v) is 6.21. The van der Waals surface area contributed by atoms with Crippen molar-refractivity contribution >= 4 is 15.9 Å². The molecule has 0 amide bonds. The minimum absolute atomic E-state index is 0.160. The minimum Gasteiger partial charge on any atom is -0.392 e. The molecular formula is C12H16BrNO. The highest BCUT2D eigenvalue weighted by Gasteiger charge is 2.24. The average Bonchev–Trinajstić information content (AvgIpc) is 2.63. The van der Waals surface area contributed by atoms with Crippen molar-refractivity contribution in [1.82, 2.24) is 5.32 Å². The molecule has 1 saturated carbocycles. The fraction of sp³-hybridized carbons (Fsp3) is 0.500. The molecule has 0 radical (unpaired) electrons. The molecule has 2 rings (SSSR count). The third kappa shape index (κ3) is 2.80. The number of aliphatic hydroxyl groups excluding tert-OH is 1. The van der Waals surface area contributed by atoms with Gasteiger partial charge in [0.15, 0.2) is 0 Å². The zero-order chi connectivity index (χ0) is 10.7. The molecule has 0 saturated heterocycles. The molecule has 1 aromatic carbocycles. The summed E-state index contributed by atoms with van der Waals surface area (Å²) in [7, 11) is 0. The lowest BCUT2D eigenvalue weighted by atomic mass is 10.2. The summed E-state index contributed by atoms with van der Waals surface area (Å²) < 4.78 is 1.13. The van der Waals surface area contributed by atoms with Crippen LogP contribution in [0.15, 0.2) is 28.7 Å². The highest BCUT2D eigenvalue weighted by Crippen LogP contribution is 2.20. The average molecular weight is 270 g/mol. The molecular weight excluding hydrogens is 254 g/mol. The highest BCUT2D eigenvalue weighted by atomic mass is 79.9. The molecule has 2 nitrogen and oxygen atoms in total. The Morgan fingerprint density at radius 1 is 1.33 bits per heavy atom. The van der Waals surface area contributed by atoms with Gasteiger partial charge in [-0.25, -0.2) is 0 Å². The third-order valence-corrected chi connectivity index (χ3v) is 3.77. The molecule has 3 heteroatoms. The van der Waals surface area contributed by atoms with E-state index >= 15 is 0 Å². The van der Waals surface area contributed by atoms with Gasteiger partial charge in [0.05, 0.1) is 6.10 Å². The summed E-state index contributed by atoms with van der Waals surface area (Å²) in [6, 6.07) is 8.46. The summed E-state index contributed by atoms with van der Waals surface area (Å²) in [5.74, 6) is 0. The van der Waals surface area contributed by atoms with Crippen molar-refractivity contribution in [3.63, 3.8) is 0 Å². The lowest BCUT2D eigenvalue weighted by Gasteiger charge is -2.16. The highest BCUT2D eigenvalue weighted by molar-refractivity contribution is 9.10. The summed E-state index contributed by atoms with van der Waals surface area (Å²) in [5, 5.41) is 13.1. The lowest BCUT2D eigenvalue weighted by Crippen LogP contribution is -2.35. The molecule has 0 aliphatic heterocycles. The van der Waals surface area contributed by atoms with Crippen molar-refractivity contribution < 1.29 is 5.11 Å². The number of nitrogens with one attached hydrogen (secondary N) is 1. The first-order valence-electron chi connectivity index (χ1n) is 5.42. The van der Waals surface area contributed by atoms with Gasteiger partial charge in [-0.1, -0.05) is 34.1 Å². The Kier molecular flexibility index (Phi) is 3.78. The Labute approximate surface area is 98.8 Å². The number of aliphatic hydroxyl groups is 1. The van der Waals surface area contributed by atoms with Crippen LogP contribution < -0.4 is 5.32 Å². The van der Waals surface area contributed by atoms with Crippen LogP contribution in [-0.2, 0) is 6.54 Å². The van der Waals surface area contributed by atoms with Crippen LogP contribution in [-0.4, -0.2) is 17.3 Å². The van der Waals surface area contributed by atoms with E-state index in [2.05, 4.69) is 27.3 Å². The predicted octanol–water partition coefficient (Wildman–Crippen LogP) is 2.45. The zero-order valence-corrected chi connectivity index (χ0v) is 10.2. The maximum atomic E-state index is 9.66. The van der Waals surface area contributed by atoms with Crippen LogP contribution in [0.25, 0.3) is 0 Å².